The Morgan fingerprint density at radius 2 is 1.89 bits per heavy atom. The number of methoxy groups -OCH3 is 1. The van der Waals surface area contributed by atoms with Gasteiger partial charge in [0.1, 0.15) is 16.7 Å². The van der Waals surface area contributed by atoms with E-state index in [2.05, 4.69) is 15.6 Å². The molecule has 2 aromatic carbocycles. The first-order chi connectivity index (χ1) is 13.0. The summed E-state index contributed by atoms with van der Waals surface area (Å²) >= 11 is 1.25. The zero-order valence-electron chi connectivity index (χ0n) is 15.4. The zero-order valence-corrected chi connectivity index (χ0v) is 16.2. The minimum Gasteiger partial charge on any atom is -0.494 e. The molecule has 0 saturated carbocycles. The van der Waals surface area contributed by atoms with Crippen LogP contribution < -0.4 is 15.4 Å². The fourth-order valence-corrected chi connectivity index (χ4v) is 3.78. The van der Waals surface area contributed by atoms with Gasteiger partial charge in [-0.2, -0.15) is 0 Å². The maximum absolute atomic E-state index is 12.4. The molecule has 1 fully saturated rings. The van der Waals surface area contributed by atoms with Gasteiger partial charge >= 0.3 is 0 Å². The highest BCUT2D eigenvalue weighted by atomic mass is 32.2. The molecule has 2 aromatic rings. The van der Waals surface area contributed by atoms with Gasteiger partial charge in [-0.3, -0.25) is 9.59 Å². The van der Waals surface area contributed by atoms with Gasteiger partial charge in [-0.05, 0) is 37.1 Å². The second-order valence-corrected chi connectivity index (χ2v) is 7.40. The van der Waals surface area contributed by atoms with E-state index in [1.54, 1.807) is 19.2 Å². The molecular weight excluding hydrogens is 362 g/mol. The molecule has 2 amide bonds. The predicted molar refractivity (Wildman–Crippen MR) is 109 cm³/mol. The number of rotatable bonds is 5. The molecule has 0 spiro atoms. The summed E-state index contributed by atoms with van der Waals surface area (Å²) in [5.74, 6) is 0.208. The normalized spacial score (nSPS) is 17.7. The van der Waals surface area contributed by atoms with Crippen LogP contribution in [0.2, 0.25) is 0 Å². The number of anilines is 1. The standard InChI is InChI=1S/C20H21N3O3S/c1-12-7-6-8-13(2)18(12)22-17(24)11-16-19(25)23-20(27-16)21-14-9-4-5-10-15(14)26-3/h4-10,16H,11H2,1-3H3,(H,22,24)(H,21,23,25)/t16-/m0/s1. The average Bonchev–Trinajstić information content (AvgIpc) is 2.97. The second kappa shape index (κ2) is 8.26. The number of amidine groups is 1. The van der Waals surface area contributed by atoms with E-state index < -0.39 is 5.25 Å². The number of para-hydroxylation sites is 3. The Kier molecular flexibility index (Phi) is 5.81. The van der Waals surface area contributed by atoms with Crippen LogP contribution in [0.3, 0.4) is 0 Å². The summed E-state index contributed by atoms with van der Waals surface area (Å²) in [6.07, 6.45) is 0.0786. The van der Waals surface area contributed by atoms with Gasteiger partial charge in [-0.25, -0.2) is 4.99 Å². The molecule has 1 aliphatic heterocycles. The van der Waals surface area contributed by atoms with Gasteiger partial charge in [0, 0.05) is 12.1 Å². The first kappa shape index (κ1) is 19.0. The van der Waals surface area contributed by atoms with Gasteiger partial charge in [0.05, 0.1) is 7.11 Å². The second-order valence-electron chi connectivity index (χ2n) is 6.20. The Labute approximate surface area is 162 Å². The third-order valence-corrected chi connectivity index (χ3v) is 5.28. The lowest BCUT2D eigenvalue weighted by molar-refractivity contribution is -0.122. The molecule has 0 bridgehead atoms. The largest absolute Gasteiger partial charge is 0.494 e. The van der Waals surface area contributed by atoms with Crippen LogP contribution in [0, 0.1) is 13.8 Å². The van der Waals surface area contributed by atoms with Gasteiger partial charge in [0.25, 0.3) is 0 Å². The summed E-state index contributed by atoms with van der Waals surface area (Å²) in [7, 11) is 1.57. The van der Waals surface area contributed by atoms with Gasteiger partial charge in [-0.15, -0.1) is 0 Å². The quantitative estimate of drug-likeness (QED) is 0.827. The van der Waals surface area contributed by atoms with Crippen molar-refractivity contribution in [1.29, 1.82) is 0 Å². The number of amides is 2. The monoisotopic (exact) mass is 383 g/mol. The van der Waals surface area contributed by atoms with E-state index in [0.29, 0.717) is 16.6 Å². The lowest BCUT2D eigenvalue weighted by Gasteiger charge is -2.12. The van der Waals surface area contributed by atoms with Crippen molar-refractivity contribution in [1.82, 2.24) is 5.32 Å². The Morgan fingerprint density at radius 3 is 2.59 bits per heavy atom. The van der Waals surface area contributed by atoms with Gasteiger partial charge in [0.2, 0.25) is 11.8 Å². The molecule has 0 aliphatic carbocycles. The van der Waals surface area contributed by atoms with Gasteiger partial charge in [-0.1, -0.05) is 42.1 Å². The van der Waals surface area contributed by atoms with E-state index in [0.717, 1.165) is 16.8 Å². The highest BCUT2D eigenvalue weighted by Crippen LogP contribution is 2.31. The molecule has 7 heteroatoms. The maximum atomic E-state index is 12.4. The van der Waals surface area contributed by atoms with Crippen LogP contribution in [0.15, 0.2) is 47.5 Å². The summed E-state index contributed by atoms with van der Waals surface area (Å²) in [5, 5.41) is 5.61. The molecule has 1 saturated heterocycles. The Hall–Kier alpha value is -2.80. The topological polar surface area (TPSA) is 79.8 Å². The first-order valence-electron chi connectivity index (χ1n) is 8.53. The zero-order chi connectivity index (χ0) is 19.4. The predicted octanol–water partition coefficient (Wildman–Crippen LogP) is 3.56. The SMILES string of the molecule is COc1ccccc1N=C1NC(=O)[C@H](CC(=O)Nc2c(C)cccc2C)S1. The van der Waals surface area contributed by atoms with Crippen LogP contribution in [0.5, 0.6) is 5.75 Å². The molecule has 0 unspecified atom stereocenters. The number of aliphatic imine (C=N–C) groups is 1. The molecule has 1 atom stereocenters. The third kappa shape index (κ3) is 4.49. The summed E-state index contributed by atoms with van der Waals surface area (Å²) < 4.78 is 5.27. The summed E-state index contributed by atoms with van der Waals surface area (Å²) in [6.45, 7) is 3.88. The Balaban J connectivity index is 1.67. The van der Waals surface area contributed by atoms with Crippen molar-refractivity contribution < 1.29 is 14.3 Å². The molecule has 6 nitrogen and oxygen atoms in total. The number of aryl methyl sites for hydroxylation is 2. The number of carbonyl (C=O) groups is 2. The number of ether oxygens (including phenoxy) is 1. The number of carbonyl (C=O) groups excluding carboxylic acids is 2. The smallest absolute Gasteiger partial charge is 0.240 e. The molecule has 3 rings (SSSR count). The number of hydrogen-bond acceptors (Lipinski definition) is 5. The van der Waals surface area contributed by atoms with Gasteiger partial charge < -0.3 is 15.4 Å². The number of benzene rings is 2. The molecule has 1 heterocycles. The number of thioether (sulfide) groups is 1. The molecule has 27 heavy (non-hydrogen) atoms. The summed E-state index contributed by atoms with van der Waals surface area (Å²) in [6, 6.07) is 13.1. The third-order valence-electron chi connectivity index (χ3n) is 4.20. The van der Waals surface area contributed by atoms with Crippen molar-refractivity contribution >= 4 is 40.1 Å². The van der Waals surface area contributed by atoms with Crippen LogP contribution in [0.1, 0.15) is 17.5 Å². The first-order valence-corrected chi connectivity index (χ1v) is 9.41. The molecule has 2 N–H and O–H groups in total. The van der Waals surface area contributed by atoms with Crippen LogP contribution in [0.4, 0.5) is 11.4 Å². The van der Waals surface area contributed by atoms with Crippen LogP contribution >= 0.6 is 11.8 Å². The molecule has 140 valence electrons. The van der Waals surface area contributed by atoms with E-state index in [9.17, 15) is 9.59 Å². The van der Waals surface area contributed by atoms with E-state index in [1.165, 1.54) is 11.8 Å². The molecule has 0 aromatic heterocycles. The highest BCUT2D eigenvalue weighted by molar-refractivity contribution is 8.15. The fourth-order valence-electron chi connectivity index (χ4n) is 2.79. The van der Waals surface area contributed by atoms with Crippen LogP contribution in [-0.4, -0.2) is 29.3 Å². The molecular formula is C20H21N3O3S. The van der Waals surface area contributed by atoms with Gasteiger partial charge in [0.15, 0.2) is 5.17 Å². The minimum absolute atomic E-state index is 0.0786. The van der Waals surface area contributed by atoms with E-state index in [1.807, 2.05) is 44.2 Å². The Bertz CT molecular complexity index is 891. The minimum atomic E-state index is -0.511. The maximum Gasteiger partial charge on any atom is 0.240 e. The van der Waals surface area contributed by atoms with Crippen molar-refractivity contribution in [3.05, 3.63) is 53.6 Å². The molecule has 1 aliphatic rings. The number of hydrogen-bond donors (Lipinski definition) is 2. The van der Waals surface area contributed by atoms with Crippen molar-refractivity contribution in [2.75, 3.05) is 12.4 Å². The highest BCUT2D eigenvalue weighted by Gasteiger charge is 2.32. The van der Waals surface area contributed by atoms with Crippen molar-refractivity contribution in [3.8, 4) is 5.75 Å². The van der Waals surface area contributed by atoms with Crippen LogP contribution in [-0.2, 0) is 9.59 Å². The summed E-state index contributed by atoms with van der Waals surface area (Å²) in [5.41, 5.74) is 3.41. The lowest BCUT2D eigenvalue weighted by atomic mass is 10.1. The van der Waals surface area contributed by atoms with Crippen LogP contribution in [0.25, 0.3) is 0 Å². The van der Waals surface area contributed by atoms with E-state index in [-0.39, 0.29) is 18.2 Å². The lowest BCUT2D eigenvalue weighted by Crippen LogP contribution is -2.28. The Morgan fingerprint density at radius 1 is 1.19 bits per heavy atom. The average molecular weight is 383 g/mol. The number of nitrogens with one attached hydrogen (secondary N) is 2. The fraction of sp³-hybridized carbons (Fsp3) is 0.250. The van der Waals surface area contributed by atoms with Crippen molar-refractivity contribution in [2.45, 2.75) is 25.5 Å². The van der Waals surface area contributed by atoms with E-state index >= 15 is 0 Å². The number of nitrogens with zero attached hydrogens (tertiary/aromatic N) is 1. The van der Waals surface area contributed by atoms with E-state index in [4.69, 9.17) is 4.74 Å². The molecule has 0 radical (unpaired) electrons. The van der Waals surface area contributed by atoms with Crippen molar-refractivity contribution in [2.24, 2.45) is 4.99 Å². The van der Waals surface area contributed by atoms with Crippen molar-refractivity contribution in [3.63, 3.8) is 0 Å². The summed E-state index contributed by atoms with van der Waals surface area (Å²) in [4.78, 5) is 29.1.